The highest BCUT2D eigenvalue weighted by Crippen LogP contribution is 2.24. The van der Waals surface area contributed by atoms with Gasteiger partial charge in [-0.25, -0.2) is 0 Å². The number of aromatic nitrogens is 1. The summed E-state index contributed by atoms with van der Waals surface area (Å²) >= 11 is 12.1. The summed E-state index contributed by atoms with van der Waals surface area (Å²) < 4.78 is 0. The molecule has 1 N–H and O–H groups in total. The second kappa shape index (κ2) is 7.78. The van der Waals surface area contributed by atoms with Crippen molar-refractivity contribution in [3.05, 3.63) is 69.8 Å². The highest BCUT2D eigenvalue weighted by atomic mass is 35.5. The number of rotatable bonds is 3. The third-order valence-corrected chi connectivity index (χ3v) is 5.98. The summed E-state index contributed by atoms with van der Waals surface area (Å²) in [7, 11) is 0. The van der Waals surface area contributed by atoms with Crippen LogP contribution >= 0.6 is 23.2 Å². The van der Waals surface area contributed by atoms with Gasteiger partial charge in [0.2, 0.25) is 0 Å². The number of piperazine rings is 1. The minimum atomic E-state index is 0.0396. The maximum atomic E-state index is 13.1. The fraction of sp³-hybridized carbons (Fsp3) is 0.318. The number of aromatic amines is 1. The average Bonchev–Trinajstić information content (AvgIpc) is 3.09. The number of nitrogens with one attached hydrogen (secondary N) is 1. The molecule has 2 aromatic carbocycles. The van der Waals surface area contributed by atoms with Crippen LogP contribution in [0.25, 0.3) is 10.9 Å². The van der Waals surface area contributed by atoms with Gasteiger partial charge in [0.25, 0.3) is 5.91 Å². The molecule has 0 radical (unpaired) electrons. The van der Waals surface area contributed by atoms with E-state index in [1.54, 1.807) is 0 Å². The Morgan fingerprint density at radius 1 is 1.00 bits per heavy atom. The van der Waals surface area contributed by atoms with Crippen LogP contribution in [0.1, 0.15) is 29.9 Å². The molecule has 1 amide bonds. The first kappa shape index (κ1) is 19.3. The lowest BCUT2D eigenvalue weighted by molar-refractivity contribution is 0.0287. The van der Waals surface area contributed by atoms with Crippen molar-refractivity contribution >= 4 is 40.0 Å². The quantitative estimate of drug-likeness (QED) is 0.637. The Balaban J connectivity index is 1.48. The molecule has 0 bridgehead atoms. The number of hydrogen-bond donors (Lipinski definition) is 1. The Morgan fingerprint density at radius 3 is 2.46 bits per heavy atom. The summed E-state index contributed by atoms with van der Waals surface area (Å²) in [6, 6.07) is 15.9. The average molecular weight is 416 g/mol. The second-order valence-electron chi connectivity index (χ2n) is 7.63. The zero-order chi connectivity index (χ0) is 19.8. The maximum Gasteiger partial charge on any atom is 0.270 e. The molecule has 1 aliphatic heterocycles. The van der Waals surface area contributed by atoms with Gasteiger partial charge in [-0.15, -0.1) is 0 Å². The Morgan fingerprint density at radius 2 is 1.71 bits per heavy atom. The fourth-order valence-electron chi connectivity index (χ4n) is 3.90. The molecule has 0 aliphatic carbocycles. The molecule has 3 aromatic rings. The van der Waals surface area contributed by atoms with Crippen molar-refractivity contribution in [2.24, 2.45) is 0 Å². The van der Waals surface area contributed by atoms with Crippen molar-refractivity contribution in [3.8, 4) is 0 Å². The maximum absolute atomic E-state index is 13.1. The summed E-state index contributed by atoms with van der Waals surface area (Å²) in [5.41, 5.74) is 2.77. The standard InChI is InChI=1S/C22H23Cl2N3O/c1-14-12-27(15(2)11-26(14)13-16-3-5-18(23)6-4-16)22(28)21-10-17-9-19(24)7-8-20(17)25-21/h3-10,14-15,25H,11-13H2,1-2H3/t14-,15+/m0/s1. The molecule has 0 unspecified atom stereocenters. The monoisotopic (exact) mass is 415 g/mol. The number of fused-ring (bicyclic) bond motifs is 1. The molecule has 1 aliphatic rings. The molecule has 4 nitrogen and oxygen atoms in total. The number of amides is 1. The SMILES string of the molecule is C[C@@H]1CN(Cc2ccc(Cl)cc2)[C@@H](C)CN1C(=O)c1cc2cc(Cl)ccc2[nH]1. The Kier molecular flexibility index (Phi) is 5.37. The Bertz CT molecular complexity index is 999. The molecule has 6 heteroatoms. The van der Waals surface area contributed by atoms with Gasteiger partial charge in [0, 0.05) is 52.7 Å². The predicted octanol–water partition coefficient (Wildman–Crippen LogP) is 5.21. The van der Waals surface area contributed by atoms with Gasteiger partial charge in [-0.2, -0.15) is 0 Å². The molecule has 4 rings (SSSR count). The number of benzene rings is 2. The van der Waals surface area contributed by atoms with E-state index in [0.717, 1.165) is 29.0 Å². The summed E-state index contributed by atoms with van der Waals surface area (Å²) in [4.78, 5) is 20.8. The van der Waals surface area contributed by atoms with E-state index >= 15 is 0 Å². The molecule has 0 spiro atoms. The number of H-pyrrole nitrogens is 1. The minimum absolute atomic E-state index is 0.0396. The number of nitrogens with zero attached hydrogens (tertiary/aromatic N) is 2. The largest absolute Gasteiger partial charge is 0.351 e. The molecule has 146 valence electrons. The lowest BCUT2D eigenvalue weighted by Crippen LogP contribution is -2.57. The van der Waals surface area contributed by atoms with Crippen LogP contribution in [-0.4, -0.2) is 45.9 Å². The minimum Gasteiger partial charge on any atom is -0.351 e. The van der Waals surface area contributed by atoms with Gasteiger partial charge in [0.1, 0.15) is 5.69 Å². The molecular formula is C22H23Cl2N3O. The van der Waals surface area contributed by atoms with E-state index in [9.17, 15) is 4.79 Å². The summed E-state index contributed by atoms with van der Waals surface area (Å²) in [6.45, 7) is 6.67. The van der Waals surface area contributed by atoms with E-state index in [1.807, 2.05) is 41.3 Å². The predicted molar refractivity (Wildman–Crippen MR) is 115 cm³/mol. The van der Waals surface area contributed by atoms with Gasteiger partial charge in [0.05, 0.1) is 0 Å². The van der Waals surface area contributed by atoms with Gasteiger partial charge in [-0.05, 0) is 55.8 Å². The lowest BCUT2D eigenvalue weighted by Gasteiger charge is -2.44. The van der Waals surface area contributed by atoms with E-state index in [0.29, 0.717) is 17.3 Å². The van der Waals surface area contributed by atoms with Crippen molar-refractivity contribution < 1.29 is 4.79 Å². The van der Waals surface area contributed by atoms with Crippen molar-refractivity contribution in [2.45, 2.75) is 32.5 Å². The normalized spacial score (nSPS) is 20.6. The van der Waals surface area contributed by atoms with Crippen molar-refractivity contribution in [1.29, 1.82) is 0 Å². The van der Waals surface area contributed by atoms with Crippen molar-refractivity contribution in [1.82, 2.24) is 14.8 Å². The summed E-state index contributed by atoms with van der Waals surface area (Å²) in [5.74, 6) is 0.0396. The number of hydrogen-bond acceptors (Lipinski definition) is 2. The van der Waals surface area contributed by atoms with Gasteiger partial charge >= 0.3 is 0 Å². The van der Waals surface area contributed by atoms with Crippen LogP contribution in [0, 0.1) is 0 Å². The first-order chi connectivity index (χ1) is 13.4. The molecule has 1 aromatic heterocycles. The van der Waals surface area contributed by atoms with Crippen LogP contribution in [0.5, 0.6) is 0 Å². The van der Waals surface area contributed by atoms with E-state index < -0.39 is 0 Å². The van der Waals surface area contributed by atoms with Gasteiger partial charge in [0.15, 0.2) is 0 Å². The van der Waals surface area contributed by atoms with Gasteiger partial charge in [-0.3, -0.25) is 9.69 Å². The van der Waals surface area contributed by atoms with Crippen LogP contribution in [0.4, 0.5) is 0 Å². The number of carbonyl (C=O) groups is 1. The molecule has 0 saturated carbocycles. The molecule has 2 heterocycles. The molecular weight excluding hydrogens is 393 g/mol. The van der Waals surface area contributed by atoms with E-state index in [1.165, 1.54) is 5.56 Å². The van der Waals surface area contributed by atoms with Gasteiger partial charge in [-0.1, -0.05) is 35.3 Å². The van der Waals surface area contributed by atoms with Crippen LogP contribution in [0.15, 0.2) is 48.5 Å². The lowest BCUT2D eigenvalue weighted by atomic mass is 10.1. The van der Waals surface area contributed by atoms with Crippen LogP contribution < -0.4 is 0 Å². The smallest absolute Gasteiger partial charge is 0.270 e. The molecule has 1 fully saturated rings. The van der Waals surface area contributed by atoms with Gasteiger partial charge < -0.3 is 9.88 Å². The molecule has 1 saturated heterocycles. The first-order valence-corrected chi connectivity index (χ1v) is 10.2. The van der Waals surface area contributed by atoms with Crippen molar-refractivity contribution in [2.75, 3.05) is 13.1 Å². The van der Waals surface area contributed by atoms with Crippen LogP contribution in [0.3, 0.4) is 0 Å². The summed E-state index contributed by atoms with van der Waals surface area (Å²) in [6.07, 6.45) is 0. The third-order valence-electron chi connectivity index (χ3n) is 5.49. The second-order valence-corrected chi connectivity index (χ2v) is 8.50. The van der Waals surface area contributed by atoms with E-state index in [-0.39, 0.29) is 18.0 Å². The third kappa shape index (κ3) is 3.90. The number of halogens is 2. The first-order valence-electron chi connectivity index (χ1n) is 9.48. The summed E-state index contributed by atoms with van der Waals surface area (Å²) in [5, 5.41) is 2.38. The molecule has 2 atom stereocenters. The molecule has 28 heavy (non-hydrogen) atoms. The van der Waals surface area contributed by atoms with Crippen LogP contribution in [-0.2, 0) is 6.54 Å². The zero-order valence-electron chi connectivity index (χ0n) is 16.0. The zero-order valence-corrected chi connectivity index (χ0v) is 17.5. The highest BCUT2D eigenvalue weighted by molar-refractivity contribution is 6.31. The Labute approximate surface area is 175 Å². The Hall–Kier alpha value is -2.01. The highest BCUT2D eigenvalue weighted by Gasteiger charge is 2.32. The van der Waals surface area contributed by atoms with E-state index in [2.05, 4.69) is 35.9 Å². The van der Waals surface area contributed by atoms with E-state index in [4.69, 9.17) is 23.2 Å². The number of carbonyl (C=O) groups excluding carboxylic acids is 1. The van der Waals surface area contributed by atoms with Crippen molar-refractivity contribution in [3.63, 3.8) is 0 Å². The van der Waals surface area contributed by atoms with Crippen LogP contribution in [0.2, 0.25) is 10.0 Å². The topological polar surface area (TPSA) is 39.3 Å². The fourth-order valence-corrected chi connectivity index (χ4v) is 4.21.